The van der Waals surface area contributed by atoms with Gasteiger partial charge in [-0.2, -0.15) is 0 Å². The number of amides is 1. The second-order valence-electron chi connectivity index (χ2n) is 5.28. The summed E-state index contributed by atoms with van der Waals surface area (Å²) in [6.45, 7) is 8.97. The van der Waals surface area contributed by atoms with Crippen LogP contribution >= 0.6 is 0 Å². The number of rotatable bonds is 1. The van der Waals surface area contributed by atoms with Crippen molar-refractivity contribution in [1.29, 1.82) is 0 Å². The highest BCUT2D eigenvalue weighted by Crippen LogP contribution is 2.32. The van der Waals surface area contributed by atoms with Gasteiger partial charge in [-0.3, -0.25) is 4.79 Å². The number of ether oxygens (including phenoxy) is 1. The van der Waals surface area contributed by atoms with E-state index < -0.39 is 0 Å². The Morgan fingerprint density at radius 3 is 2.65 bits per heavy atom. The molecule has 0 N–H and O–H groups in total. The summed E-state index contributed by atoms with van der Waals surface area (Å²) >= 11 is 0. The molecule has 0 aromatic carbocycles. The van der Waals surface area contributed by atoms with Crippen LogP contribution in [-0.2, 0) is 9.53 Å². The number of likely N-dealkylation sites (N-methyl/N-ethyl adjacent to an activating group) is 1. The third kappa shape index (κ3) is 2.69. The van der Waals surface area contributed by atoms with Crippen LogP contribution < -0.4 is 0 Å². The molecule has 2 rings (SSSR count). The van der Waals surface area contributed by atoms with Crippen molar-refractivity contribution in [3.05, 3.63) is 12.7 Å². The summed E-state index contributed by atoms with van der Waals surface area (Å²) in [4.78, 5) is 15.5. The predicted molar refractivity (Wildman–Crippen MR) is 66.8 cm³/mol. The molecule has 2 aliphatic heterocycles. The summed E-state index contributed by atoms with van der Waals surface area (Å²) in [6.07, 6.45) is 3.87. The molecule has 17 heavy (non-hydrogen) atoms. The number of hydrogen-bond donors (Lipinski definition) is 0. The first-order chi connectivity index (χ1) is 8.04. The quantitative estimate of drug-likeness (QED) is 0.636. The SMILES string of the molecule is C=CC1CN(C)CC2(CCN(C(C)=O)CC2)O1. The van der Waals surface area contributed by atoms with Crippen molar-refractivity contribution in [2.45, 2.75) is 31.5 Å². The molecule has 0 aromatic heterocycles. The van der Waals surface area contributed by atoms with Crippen molar-refractivity contribution in [3.8, 4) is 0 Å². The van der Waals surface area contributed by atoms with E-state index in [9.17, 15) is 4.79 Å². The number of carbonyl (C=O) groups is 1. The van der Waals surface area contributed by atoms with E-state index >= 15 is 0 Å². The largest absolute Gasteiger partial charge is 0.365 e. The second kappa shape index (κ2) is 4.78. The minimum absolute atomic E-state index is 0.0716. The van der Waals surface area contributed by atoms with Crippen molar-refractivity contribution >= 4 is 5.91 Å². The van der Waals surface area contributed by atoms with Crippen molar-refractivity contribution in [2.75, 3.05) is 33.2 Å². The van der Waals surface area contributed by atoms with Gasteiger partial charge in [0.05, 0.1) is 11.7 Å². The lowest BCUT2D eigenvalue weighted by atomic mass is 9.88. The molecule has 2 saturated heterocycles. The lowest BCUT2D eigenvalue weighted by molar-refractivity contribution is -0.162. The number of nitrogens with zero attached hydrogens (tertiary/aromatic N) is 2. The molecular formula is C13H22N2O2. The molecule has 0 bridgehead atoms. The van der Waals surface area contributed by atoms with Gasteiger partial charge < -0.3 is 14.5 Å². The van der Waals surface area contributed by atoms with Gasteiger partial charge in [-0.1, -0.05) is 6.08 Å². The maximum atomic E-state index is 11.3. The fourth-order valence-corrected chi connectivity index (χ4v) is 2.89. The van der Waals surface area contributed by atoms with Crippen LogP contribution in [-0.4, -0.2) is 60.6 Å². The molecule has 1 amide bonds. The Labute approximate surface area is 103 Å². The lowest BCUT2D eigenvalue weighted by Gasteiger charge is -2.48. The van der Waals surface area contributed by atoms with Crippen LogP contribution in [0.25, 0.3) is 0 Å². The zero-order valence-electron chi connectivity index (χ0n) is 10.8. The maximum absolute atomic E-state index is 11.3. The summed E-state index contributed by atoms with van der Waals surface area (Å²) in [6, 6.07) is 0. The van der Waals surface area contributed by atoms with Crippen molar-refractivity contribution in [2.24, 2.45) is 0 Å². The van der Waals surface area contributed by atoms with Gasteiger partial charge in [0.25, 0.3) is 0 Å². The average Bonchev–Trinajstić information content (AvgIpc) is 2.28. The highest BCUT2D eigenvalue weighted by Gasteiger charge is 2.41. The van der Waals surface area contributed by atoms with Gasteiger partial charge in [-0.25, -0.2) is 0 Å². The Kier molecular flexibility index (Phi) is 3.54. The number of carbonyl (C=O) groups excluding carboxylic acids is 1. The first-order valence-corrected chi connectivity index (χ1v) is 6.29. The van der Waals surface area contributed by atoms with Gasteiger partial charge in [0.1, 0.15) is 0 Å². The van der Waals surface area contributed by atoms with Crippen LogP contribution in [0.15, 0.2) is 12.7 Å². The second-order valence-corrected chi connectivity index (χ2v) is 5.28. The molecule has 1 unspecified atom stereocenters. The summed E-state index contributed by atoms with van der Waals surface area (Å²) in [5.74, 6) is 0.171. The van der Waals surface area contributed by atoms with Gasteiger partial charge in [0, 0.05) is 33.1 Å². The van der Waals surface area contributed by atoms with Crippen molar-refractivity contribution in [3.63, 3.8) is 0 Å². The number of hydrogen-bond acceptors (Lipinski definition) is 3. The van der Waals surface area contributed by atoms with E-state index in [0.29, 0.717) is 0 Å². The Hall–Kier alpha value is -0.870. The van der Waals surface area contributed by atoms with Crippen molar-refractivity contribution in [1.82, 2.24) is 9.80 Å². The van der Waals surface area contributed by atoms with Crippen molar-refractivity contribution < 1.29 is 9.53 Å². The van der Waals surface area contributed by atoms with Gasteiger partial charge >= 0.3 is 0 Å². The average molecular weight is 238 g/mol. The molecule has 2 heterocycles. The fraction of sp³-hybridized carbons (Fsp3) is 0.769. The minimum atomic E-state index is -0.0716. The summed E-state index contributed by atoms with van der Waals surface area (Å²) in [5.41, 5.74) is -0.0716. The molecule has 1 atom stereocenters. The van der Waals surface area contributed by atoms with E-state index in [0.717, 1.165) is 39.0 Å². The van der Waals surface area contributed by atoms with Gasteiger partial charge in [-0.05, 0) is 19.9 Å². The van der Waals surface area contributed by atoms with E-state index in [1.54, 1.807) is 6.92 Å². The first-order valence-electron chi connectivity index (χ1n) is 6.29. The van der Waals surface area contributed by atoms with Crippen LogP contribution in [0.1, 0.15) is 19.8 Å². The standard InChI is InChI=1S/C13H22N2O2/c1-4-12-9-14(3)10-13(17-12)5-7-15(8-6-13)11(2)16/h4,12H,1,5-10H2,2-3H3. The molecule has 4 nitrogen and oxygen atoms in total. The molecule has 0 aliphatic carbocycles. The molecule has 4 heteroatoms. The fourth-order valence-electron chi connectivity index (χ4n) is 2.89. The first kappa shape index (κ1) is 12.6. The molecule has 0 aromatic rings. The Morgan fingerprint density at radius 1 is 1.47 bits per heavy atom. The molecular weight excluding hydrogens is 216 g/mol. The molecule has 96 valence electrons. The van der Waals surface area contributed by atoms with Crippen LogP contribution in [0, 0.1) is 0 Å². The van der Waals surface area contributed by atoms with Gasteiger partial charge in [0.2, 0.25) is 5.91 Å². The topological polar surface area (TPSA) is 32.8 Å². The summed E-state index contributed by atoms with van der Waals surface area (Å²) in [5, 5.41) is 0. The Morgan fingerprint density at radius 2 is 2.12 bits per heavy atom. The van der Waals surface area contributed by atoms with Crippen LogP contribution in [0.5, 0.6) is 0 Å². The highest BCUT2D eigenvalue weighted by atomic mass is 16.5. The monoisotopic (exact) mass is 238 g/mol. The van der Waals surface area contributed by atoms with E-state index in [-0.39, 0.29) is 17.6 Å². The highest BCUT2D eigenvalue weighted by molar-refractivity contribution is 5.73. The smallest absolute Gasteiger partial charge is 0.219 e. The van der Waals surface area contributed by atoms with E-state index in [1.165, 1.54) is 0 Å². The normalized spacial score (nSPS) is 29.3. The Balaban J connectivity index is 2.01. The maximum Gasteiger partial charge on any atom is 0.219 e. The predicted octanol–water partition coefficient (Wildman–Crippen LogP) is 0.884. The third-order valence-corrected chi connectivity index (χ3v) is 3.83. The lowest BCUT2D eigenvalue weighted by Crippen LogP contribution is -2.58. The minimum Gasteiger partial charge on any atom is -0.365 e. The van der Waals surface area contributed by atoms with E-state index in [4.69, 9.17) is 4.74 Å². The Bertz CT molecular complexity index is 309. The summed E-state index contributed by atoms with van der Waals surface area (Å²) in [7, 11) is 2.12. The van der Waals surface area contributed by atoms with Crippen LogP contribution in [0.2, 0.25) is 0 Å². The number of likely N-dealkylation sites (tertiary alicyclic amines) is 1. The zero-order valence-corrected chi connectivity index (χ0v) is 10.8. The third-order valence-electron chi connectivity index (χ3n) is 3.83. The van der Waals surface area contributed by atoms with Crippen LogP contribution in [0.4, 0.5) is 0 Å². The van der Waals surface area contributed by atoms with E-state index in [1.807, 2.05) is 11.0 Å². The molecule has 0 saturated carbocycles. The van der Waals surface area contributed by atoms with Crippen LogP contribution in [0.3, 0.4) is 0 Å². The molecule has 1 spiro atoms. The number of piperidine rings is 1. The molecule has 2 fully saturated rings. The van der Waals surface area contributed by atoms with E-state index in [2.05, 4.69) is 18.5 Å². The van der Waals surface area contributed by atoms with Gasteiger partial charge in [0.15, 0.2) is 0 Å². The number of morpholine rings is 1. The summed E-state index contributed by atoms with van der Waals surface area (Å²) < 4.78 is 6.16. The molecule has 2 aliphatic rings. The molecule has 0 radical (unpaired) electrons. The zero-order chi connectivity index (χ0) is 12.5. The van der Waals surface area contributed by atoms with Gasteiger partial charge in [-0.15, -0.1) is 6.58 Å².